The van der Waals surface area contributed by atoms with E-state index >= 15 is 0 Å². The molecule has 178 valence electrons. The lowest BCUT2D eigenvalue weighted by atomic mass is 9.99. The van der Waals surface area contributed by atoms with E-state index in [1.807, 2.05) is 0 Å². The first kappa shape index (κ1) is 27.0. The maximum atomic E-state index is 12.8. The molecule has 5 unspecified atom stereocenters. The minimum absolute atomic E-state index is 0.0565. The van der Waals surface area contributed by atoms with Gasteiger partial charge in [0.05, 0.1) is 13.2 Å². The van der Waals surface area contributed by atoms with E-state index in [9.17, 15) is 29.4 Å². The highest BCUT2D eigenvalue weighted by molar-refractivity contribution is 5.94. The number of hydrogen-bond acceptors (Lipinski definition) is 7. The summed E-state index contributed by atoms with van der Waals surface area (Å²) in [5.74, 6) is -4.03. The Labute approximate surface area is 186 Å². The normalized spacial score (nSPS) is 15.5. The molecule has 0 fully saturated rings. The molecule has 0 heterocycles. The van der Waals surface area contributed by atoms with Crippen LogP contribution in [0.25, 0.3) is 0 Å². The summed E-state index contributed by atoms with van der Waals surface area (Å²) >= 11 is 0. The average Bonchev–Trinajstić information content (AvgIpc) is 2.79. The largest absolute Gasteiger partial charge is 0.480 e. The molecule has 0 radical (unpaired) electrons. The second kappa shape index (κ2) is 13.4. The maximum absolute atomic E-state index is 12.8. The van der Waals surface area contributed by atoms with Crippen LogP contribution in [0, 0.1) is 5.92 Å². The molecule has 0 aliphatic rings. The van der Waals surface area contributed by atoms with E-state index in [1.165, 1.54) is 0 Å². The predicted octanol–water partition coefficient (Wildman–Crippen LogP) is -1.87. The van der Waals surface area contributed by atoms with Gasteiger partial charge in [-0.05, 0) is 11.5 Å². The van der Waals surface area contributed by atoms with Crippen LogP contribution < -0.4 is 21.7 Å². The Morgan fingerprint density at radius 1 is 0.906 bits per heavy atom. The highest BCUT2D eigenvalue weighted by Gasteiger charge is 2.31. The van der Waals surface area contributed by atoms with Crippen molar-refractivity contribution >= 4 is 23.7 Å². The van der Waals surface area contributed by atoms with E-state index in [1.54, 1.807) is 44.2 Å². The Kier molecular flexibility index (Phi) is 11.3. The molecule has 0 aliphatic carbocycles. The van der Waals surface area contributed by atoms with Crippen molar-refractivity contribution in [2.45, 2.75) is 50.9 Å². The highest BCUT2D eigenvalue weighted by atomic mass is 16.4. The average molecular weight is 453 g/mol. The van der Waals surface area contributed by atoms with Crippen LogP contribution in [0.4, 0.5) is 0 Å². The molecule has 3 amide bonds. The number of aliphatic hydroxyl groups is 2. The van der Waals surface area contributed by atoms with Crippen LogP contribution in [0.15, 0.2) is 30.3 Å². The standard InChI is InChI=1S/C21H32N4O7/c1-3-12(2)17(21(31)32)25-20(30)16(11-27)24-19(29)15(23-18(28)14(22)10-26)9-13-7-5-4-6-8-13/h4-8,12,14-17,26-27H,3,9-11,22H2,1-2H3,(H,23,28)(H,24,29)(H,25,30)(H,31,32). The molecule has 11 heteroatoms. The van der Waals surface area contributed by atoms with Crippen LogP contribution in [0.1, 0.15) is 25.8 Å². The third-order valence-electron chi connectivity index (χ3n) is 5.04. The van der Waals surface area contributed by atoms with Gasteiger partial charge in [0.1, 0.15) is 24.2 Å². The van der Waals surface area contributed by atoms with E-state index in [2.05, 4.69) is 16.0 Å². The van der Waals surface area contributed by atoms with Gasteiger partial charge >= 0.3 is 5.97 Å². The van der Waals surface area contributed by atoms with Gasteiger partial charge in [-0.15, -0.1) is 0 Å². The van der Waals surface area contributed by atoms with E-state index in [0.717, 1.165) is 0 Å². The van der Waals surface area contributed by atoms with Crippen molar-refractivity contribution in [2.24, 2.45) is 11.7 Å². The van der Waals surface area contributed by atoms with Gasteiger partial charge in [0.2, 0.25) is 17.7 Å². The lowest BCUT2D eigenvalue weighted by Crippen LogP contribution is -2.59. The number of aliphatic hydroxyl groups excluding tert-OH is 2. The topological polar surface area (TPSA) is 191 Å². The molecule has 0 aliphatic heterocycles. The number of carboxylic acids is 1. The molecule has 0 bridgehead atoms. The number of carbonyl (C=O) groups is 4. The Morgan fingerprint density at radius 3 is 1.97 bits per heavy atom. The molecule has 8 N–H and O–H groups in total. The molecule has 1 aromatic rings. The molecule has 0 aromatic heterocycles. The zero-order valence-electron chi connectivity index (χ0n) is 18.2. The minimum Gasteiger partial charge on any atom is -0.480 e. The molecule has 5 atom stereocenters. The Balaban J connectivity index is 2.97. The summed E-state index contributed by atoms with van der Waals surface area (Å²) < 4.78 is 0. The number of hydrogen-bond donors (Lipinski definition) is 7. The number of rotatable bonds is 13. The molecule has 0 saturated heterocycles. The van der Waals surface area contributed by atoms with Gasteiger partial charge in [0.25, 0.3) is 0 Å². The fourth-order valence-corrected chi connectivity index (χ4v) is 2.82. The third kappa shape index (κ3) is 8.25. The van der Waals surface area contributed by atoms with Gasteiger partial charge in [-0.3, -0.25) is 14.4 Å². The third-order valence-corrected chi connectivity index (χ3v) is 5.04. The summed E-state index contributed by atoms with van der Waals surface area (Å²) in [6, 6.07) is 3.71. The second-order valence-corrected chi connectivity index (χ2v) is 7.49. The summed E-state index contributed by atoms with van der Waals surface area (Å²) in [7, 11) is 0. The van der Waals surface area contributed by atoms with Crippen molar-refractivity contribution in [3.63, 3.8) is 0 Å². The molecule has 11 nitrogen and oxygen atoms in total. The van der Waals surface area contributed by atoms with E-state index in [4.69, 9.17) is 10.8 Å². The Bertz CT molecular complexity index is 775. The van der Waals surface area contributed by atoms with Crippen molar-refractivity contribution in [2.75, 3.05) is 13.2 Å². The van der Waals surface area contributed by atoms with Gasteiger partial charge in [-0.25, -0.2) is 4.79 Å². The van der Waals surface area contributed by atoms with Gasteiger partial charge in [0.15, 0.2) is 0 Å². The minimum atomic E-state index is -1.44. The number of aliphatic carboxylic acids is 1. The van der Waals surface area contributed by atoms with Gasteiger partial charge in [-0.2, -0.15) is 0 Å². The molecule has 0 spiro atoms. The fourth-order valence-electron chi connectivity index (χ4n) is 2.82. The Morgan fingerprint density at radius 2 is 1.47 bits per heavy atom. The van der Waals surface area contributed by atoms with Crippen LogP contribution in [-0.2, 0) is 25.6 Å². The summed E-state index contributed by atoms with van der Waals surface area (Å²) in [4.78, 5) is 48.9. The quantitative estimate of drug-likeness (QED) is 0.181. The number of nitrogens with one attached hydrogen (secondary N) is 3. The first-order valence-corrected chi connectivity index (χ1v) is 10.3. The number of nitrogens with two attached hydrogens (primary N) is 1. The summed E-state index contributed by atoms with van der Waals surface area (Å²) in [5, 5.41) is 35.1. The number of amides is 3. The van der Waals surface area contributed by atoms with Gasteiger partial charge in [0, 0.05) is 6.42 Å². The molecule has 0 saturated carbocycles. The lowest BCUT2D eigenvalue weighted by Gasteiger charge is -2.25. The molecule has 1 aromatic carbocycles. The van der Waals surface area contributed by atoms with Crippen LogP contribution in [0.2, 0.25) is 0 Å². The predicted molar refractivity (Wildman–Crippen MR) is 115 cm³/mol. The molecule has 1 rings (SSSR count). The highest BCUT2D eigenvalue weighted by Crippen LogP contribution is 2.09. The fraction of sp³-hybridized carbons (Fsp3) is 0.524. The molecular weight excluding hydrogens is 420 g/mol. The first-order chi connectivity index (χ1) is 15.1. The van der Waals surface area contributed by atoms with E-state index in [-0.39, 0.29) is 12.3 Å². The number of benzene rings is 1. The lowest BCUT2D eigenvalue weighted by molar-refractivity contribution is -0.144. The first-order valence-electron chi connectivity index (χ1n) is 10.3. The summed E-state index contributed by atoms with van der Waals surface area (Å²) in [6.45, 7) is 2.01. The van der Waals surface area contributed by atoms with Crippen LogP contribution in [0.5, 0.6) is 0 Å². The molecular formula is C21H32N4O7. The van der Waals surface area contributed by atoms with E-state index < -0.39 is 61.1 Å². The summed E-state index contributed by atoms with van der Waals surface area (Å²) in [6.07, 6.45) is 0.546. The zero-order valence-corrected chi connectivity index (χ0v) is 18.2. The van der Waals surface area contributed by atoms with E-state index in [0.29, 0.717) is 12.0 Å². The van der Waals surface area contributed by atoms with Crippen LogP contribution in [0.3, 0.4) is 0 Å². The van der Waals surface area contributed by atoms with Gasteiger partial charge in [-0.1, -0.05) is 50.6 Å². The maximum Gasteiger partial charge on any atom is 0.326 e. The SMILES string of the molecule is CCC(C)C(NC(=O)C(CO)NC(=O)C(Cc1ccccc1)NC(=O)C(N)CO)C(=O)O. The zero-order chi connectivity index (χ0) is 24.3. The monoisotopic (exact) mass is 452 g/mol. The van der Waals surface area contributed by atoms with Crippen molar-refractivity contribution in [3.05, 3.63) is 35.9 Å². The Hall–Kier alpha value is -3.02. The summed E-state index contributed by atoms with van der Waals surface area (Å²) in [5.41, 5.74) is 6.21. The van der Waals surface area contributed by atoms with Crippen molar-refractivity contribution in [1.82, 2.24) is 16.0 Å². The number of carboxylic acid groups (broad SMARTS) is 1. The van der Waals surface area contributed by atoms with Crippen molar-refractivity contribution in [1.29, 1.82) is 0 Å². The van der Waals surface area contributed by atoms with Crippen molar-refractivity contribution < 1.29 is 34.5 Å². The van der Waals surface area contributed by atoms with Crippen molar-refractivity contribution in [3.8, 4) is 0 Å². The smallest absolute Gasteiger partial charge is 0.326 e. The molecule has 32 heavy (non-hydrogen) atoms. The van der Waals surface area contributed by atoms with Gasteiger partial charge < -0.3 is 37.0 Å². The number of carbonyl (C=O) groups excluding carboxylic acids is 3. The van der Waals surface area contributed by atoms with Crippen LogP contribution >= 0.6 is 0 Å². The second-order valence-electron chi connectivity index (χ2n) is 7.49. The van der Waals surface area contributed by atoms with Crippen LogP contribution in [-0.4, -0.2) is 76.4 Å².